The summed E-state index contributed by atoms with van der Waals surface area (Å²) in [5.41, 5.74) is 8.03. The van der Waals surface area contributed by atoms with Gasteiger partial charge in [-0.2, -0.15) is 0 Å². The van der Waals surface area contributed by atoms with Gasteiger partial charge in [-0.05, 0) is 37.5 Å². The molecule has 1 aliphatic rings. The Labute approximate surface area is 98.6 Å². The smallest absolute Gasteiger partial charge is 0.119 e. The summed E-state index contributed by atoms with van der Waals surface area (Å²) in [6.07, 6.45) is 4.40. The molecule has 0 aliphatic heterocycles. The van der Waals surface area contributed by atoms with E-state index >= 15 is 0 Å². The summed E-state index contributed by atoms with van der Waals surface area (Å²) in [6.45, 7) is 1.89. The van der Waals surface area contributed by atoms with Crippen LogP contribution in [-0.4, -0.2) is 5.11 Å². The molecule has 15 heavy (non-hydrogen) atoms. The van der Waals surface area contributed by atoms with Crippen molar-refractivity contribution in [2.45, 2.75) is 38.1 Å². The molecule has 2 rings (SSSR count). The summed E-state index contributed by atoms with van der Waals surface area (Å²) in [6, 6.07) is 3.85. The summed E-state index contributed by atoms with van der Waals surface area (Å²) < 4.78 is 0.939. The normalized spacial score (nSPS) is 19.4. The minimum atomic E-state index is -0.228. The number of phenols is 1. The number of hydrogen-bond donors (Lipinski definition) is 2. The lowest BCUT2D eigenvalue weighted by Crippen LogP contribution is -2.33. The molecule has 1 fully saturated rings. The van der Waals surface area contributed by atoms with E-state index in [4.69, 9.17) is 5.73 Å². The Morgan fingerprint density at radius 2 is 1.93 bits per heavy atom. The molecule has 0 radical (unpaired) electrons. The third-order valence-corrected chi connectivity index (χ3v) is 4.21. The van der Waals surface area contributed by atoms with Gasteiger partial charge in [-0.1, -0.05) is 28.8 Å². The Balaban J connectivity index is 2.45. The van der Waals surface area contributed by atoms with Crippen molar-refractivity contribution in [3.8, 4) is 5.75 Å². The topological polar surface area (TPSA) is 46.2 Å². The van der Waals surface area contributed by atoms with Gasteiger partial charge in [-0.25, -0.2) is 0 Å². The fraction of sp³-hybridized carbons (Fsp3) is 0.500. The highest BCUT2D eigenvalue weighted by Gasteiger charge is 2.31. The van der Waals surface area contributed by atoms with Crippen molar-refractivity contribution in [2.24, 2.45) is 5.73 Å². The maximum absolute atomic E-state index is 9.77. The monoisotopic (exact) mass is 269 g/mol. The van der Waals surface area contributed by atoms with Gasteiger partial charge in [0.25, 0.3) is 0 Å². The molecule has 1 aromatic carbocycles. The maximum atomic E-state index is 9.77. The number of halogens is 1. The predicted octanol–water partition coefficient (Wildman–Crippen LogP) is 3.19. The molecule has 0 unspecified atom stereocenters. The minimum Gasteiger partial charge on any atom is -0.508 e. The molecular formula is C12H16BrNO. The molecule has 0 heterocycles. The van der Waals surface area contributed by atoms with Gasteiger partial charge in [-0.15, -0.1) is 0 Å². The van der Waals surface area contributed by atoms with Crippen LogP contribution in [0.25, 0.3) is 0 Å². The zero-order valence-corrected chi connectivity index (χ0v) is 10.5. The van der Waals surface area contributed by atoms with E-state index in [1.165, 1.54) is 12.8 Å². The summed E-state index contributed by atoms with van der Waals surface area (Å²) in [5.74, 6) is 0.330. The summed E-state index contributed by atoms with van der Waals surface area (Å²) in [4.78, 5) is 0. The van der Waals surface area contributed by atoms with Gasteiger partial charge in [0.2, 0.25) is 0 Å². The van der Waals surface area contributed by atoms with Gasteiger partial charge < -0.3 is 10.8 Å². The zero-order valence-electron chi connectivity index (χ0n) is 8.89. The molecule has 0 spiro atoms. The van der Waals surface area contributed by atoms with Crippen molar-refractivity contribution in [3.63, 3.8) is 0 Å². The van der Waals surface area contributed by atoms with Crippen LogP contribution in [-0.2, 0) is 5.54 Å². The van der Waals surface area contributed by atoms with Crippen LogP contribution >= 0.6 is 15.9 Å². The number of benzene rings is 1. The van der Waals surface area contributed by atoms with Gasteiger partial charge in [0.1, 0.15) is 5.75 Å². The molecule has 2 nitrogen and oxygen atoms in total. The standard InChI is InChI=1S/C12H16BrNO/c1-8-10(13)6-9(7-11(8)15)12(14)4-2-3-5-12/h6-7,15H,2-5,14H2,1H3. The van der Waals surface area contributed by atoms with Gasteiger partial charge in [0.15, 0.2) is 0 Å². The van der Waals surface area contributed by atoms with Crippen molar-refractivity contribution >= 4 is 15.9 Å². The molecule has 0 aromatic heterocycles. The SMILES string of the molecule is Cc1c(O)cc(C2(N)CCCC2)cc1Br. The predicted molar refractivity (Wildman–Crippen MR) is 64.9 cm³/mol. The van der Waals surface area contributed by atoms with E-state index in [9.17, 15) is 5.11 Å². The lowest BCUT2D eigenvalue weighted by atomic mass is 9.89. The lowest BCUT2D eigenvalue weighted by molar-refractivity contribution is 0.444. The van der Waals surface area contributed by atoms with Crippen LogP contribution in [0, 0.1) is 6.92 Å². The van der Waals surface area contributed by atoms with Crippen LogP contribution in [0.3, 0.4) is 0 Å². The molecular weight excluding hydrogens is 254 g/mol. The third-order valence-electron chi connectivity index (χ3n) is 3.39. The van der Waals surface area contributed by atoms with E-state index in [1.807, 2.05) is 19.1 Å². The molecule has 3 N–H and O–H groups in total. The molecule has 0 amide bonds. The second kappa shape index (κ2) is 3.80. The fourth-order valence-corrected chi connectivity index (χ4v) is 2.70. The third kappa shape index (κ3) is 1.91. The Bertz CT molecular complexity index is 360. The Hall–Kier alpha value is -0.540. The summed E-state index contributed by atoms with van der Waals surface area (Å²) >= 11 is 3.45. The number of aromatic hydroxyl groups is 1. The first-order chi connectivity index (χ1) is 7.03. The van der Waals surface area contributed by atoms with E-state index in [0.717, 1.165) is 28.4 Å². The quantitative estimate of drug-likeness (QED) is 0.823. The summed E-state index contributed by atoms with van der Waals surface area (Å²) in [7, 11) is 0. The zero-order chi connectivity index (χ0) is 11.1. The first kappa shape index (κ1) is 11.0. The van der Waals surface area contributed by atoms with E-state index in [1.54, 1.807) is 0 Å². The molecule has 0 saturated heterocycles. The van der Waals surface area contributed by atoms with Gasteiger partial charge in [0.05, 0.1) is 0 Å². The fourth-order valence-electron chi connectivity index (χ4n) is 2.25. The first-order valence-electron chi connectivity index (χ1n) is 5.31. The van der Waals surface area contributed by atoms with Gasteiger partial charge >= 0.3 is 0 Å². The Kier molecular flexibility index (Phi) is 2.77. The lowest BCUT2D eigenvalue weighted by Gasteiger charge is -2.25. The Morgan fingerprint density at radius 3 is 2.47 bits per heavy atom. The highest BCUT2D eigenvalue weighted by molar-refractivity contribution is 9.10. The molecule has 1 saturated carbocycles. The minimum absolute atomic E-state index is 0.228. The average molecular weight is 270 g/mol. The van der Waals surface area contributed by atoms with Crippen molar-refractivity contribution in [2.75, 3.05) is 0 Å². The molecule has 3 heteroatoms. The van der Waals surface area contributed by atoms with E-state index < -0.39 is 0 Å². The van der Waals surface area contributed by atoms with Crippen LogP contribution in [0.1, 0.15) is 36.8 Å². The molecule has 1 aromatic rings. The van der Waals surface area contributed by atoms with E-state index in [0.29, 0.717) is 5.75 Å². The van der Waals surface area contributed by atoms with Crippen molar-refractivity contribution in [1.29, 1.82) is 0 Å². The molecule has 82 valence electrons. The van der Waals surface area contributed by atoms with Crippen molar-refractivity contribution < 1.29 is 5.11 Å². The highest BCUT2D eigenvalue weighted by Crippen LogP contribution is 2.39. The van der Waals surface area contributed by atoms with Gasteiger partial charge in [0, 0.05) is 15.6 Å². The van der Waals surface area contributed by atoms with Crippen LogP contribution in [0.4, 0.5) is 0 Å². The van der Waals surface area contributed by atoms with Crippen molar-refractivity contribution in [3.05, 3.63) is 27.7 Å². The van der Waals surface area contributed by atoms with Gasteiger partial charge in [-0.3, -0.25) is 0 Å². The summed E-state index contributed by atoms with van der Waals surface area (Å²) in [5, 5.41) is 9.77. The highest BCUT2D eigenvalue weighted by atomic mass is 79.9. The van der Waals surface area contributed by atoms with Crippen molar-refractivity contribution in [1.82, 2.24) is 0 Å². The van der Waals surface area contributed by atoms with Crippen LogP contribution in [0.15, 0.2) is 16.6 Å². The second-order valence-electron chi connectivity index (χ2n) is 4.47. The number of rotatable bonds is 1. The maximum Gasteiger partial charge on any atom is 0.119 e. The molecule has 0 bridgehead atoms. The average Bonchev–Trinajstić information content (AvgIpc) is 2.62. The van der Waals surface area contributed by atoms with Crippen LogP contribution < -0.4 is 5.73 Å². The number of hydrogen-bond acceptors (Lipinski definition) is 2. The Morgan fingerprint density at radius 1 is 1.33 bits per heavy atom. The van der Waals surface area contributed by atoms with Crippen LogP contribution in [0.5, 0.6) is 5.75 Å². The molecule has 1 aliphatic carbocycles. The number of nitrogens with two attached hydrogens (primary N) is 1. The largest absolute Gasteiger partial charge is 0.508 e. The van der Waals surface area contributed by atoms with Crippen LogP contribution in [0.2, 0.25) is 0 Å². The van der Waals surface area contributed by atoms with E-state index in [2.05, 4.69) is 15.9 Å². The van der Waals surface area contributed by atoms with E-state index in [-0.39, 0.29) is 5.54 Å². The number of phenolic OH excluding ortho intramolecular Hbond substituents is 1. The second-order valence-corrected chi connectivity index (χ2v) is 5.32. The molecule has 0 atom stereocenters. The first-order valence-corrected chi connectivity index (χ1v) is 6.11.